The molecule has 9 heteroatoms. The number of carbonyl (C=O) groups is 2. The lowest BCUT2D eigenvalue weighted by atomic mass is 10.2. The average Bonchev–Trinajstić information content (AvgIpc) is 2.64. The minimum Gasteiger partial charge on any atom is -0.383 e. The molecule has 4 N–H and O–H groups in total. The van der Waals surface area contributed by atoms with Crippen LogP contribution in [0.4, 0.5) is 22.2 Å². The summed E-state index contributed by atoms with van der Waals surface area (Å²) in [5, 5.41) is 5.76. The van der Waals surface area contributed by atoms with Crippen LogP contribution in [0.3, 0.4) is 0 Å². The number of nitrogens with two attached hydrogens (primary N) is 1. The maximum absolute atomic E-state index is 12.8. The first-order valence-corrected chi connectivity index (χ1v) is 9.08. The first-order chi connectivity index (χ1) is 13.0. The molecule has 0 atom stereocenters. The summed E-state index contributed by atoms with van der Waals surface area (Å²) in [5.74, 6) is -0.310. The molecule has 2 rings (SSSR count). The number of urea groups is 1. The van der Waals surface area contributed by atoms with Crippen molar-refractivity contribution in [2.24, 2.45) is 0 Å². The fourth-order valence-corrected chi connectivity index (χ4v) is 2.48. The molecule has 1 aromatic carbocycles. The van der Waals surface area contributed by atoms with Crippen LogP contribution in [0.25, 0.3) is 0 Å². The molecule has 0 aliphatic rings. The molecule has 0 fully saturated rings. The maximum Gasteiger partial charge on any atom is 0.321 e. The van der Waals surface area contributed by atoms with E-state index in [9.17, 15) is 9.59 Å². The van der Waals surface area contributed by atoms with Crippen molar-refractivity contribution in [2.45, 2.75) is 26.7 Å². The van der Waals surface area contributed by atoms with Crippen molar-refractivity contribution in [1.82, 2.24) is 15.3 Å². The highest BCUT2D eigenvalue weighted by Gasteiger charge is 2.20. The molecule has 27 heavy (non-hydrogen) atoms. The normalized spacial score (nSPS) is 10.3. The second-order valence-electron chi connectivity index (χ2n) is 5.75. The van der Waals surface area contributed by atoms with Crippen molar-refractivity contribution < 1.29 is 9.59 Å². The highest BCUT2D eigenvalue weighted by Crippen LogP contribution is 2.21. The van der Waals surface area contributed by atoms with Gasteiger partial charge in [0, 0.05) is 30.0 Å². The lowest BCUT2D eigenvalue weighted by Gasteiger charge is -2.21. The smallest absolute Gasteiger partial charge is 0.321 e. The summed E-state index contributed by atoms with van der Waals surface area (Å²) in [5.41, 5.74) is 6.76. The zero-order chi connectivity index (χ0) is 19.8. The third kappa shape index (κ3) is 5.55. The zero-order valence-electron chi connectivity index (χ0n) is 15.3. The number of amides is 3. The van der Waals surface area contributed by atoms with Gasteiger partial charge in [0.2, 0.25) is 5.95 Å². The first kappa shape index (κ1) is 20.4. The predicted molar refractivity (Wildman–Crippen MR) is 107 cm³/mol. The van der Waals surface area contributed by atoms with Crippen LogP contribution >= 0.6 is 11.6 Å². The van der Waals surface area contributed by atoms with E-state index in [-0.39, 0.29) is 23.2 Å². The van der Waals surface area contributed by atoms with Gasteiger partial charge in [0.25, 0.3) is 5.91 Å². The molecular weight excluding hydrogens is 368 g/mol. The van der Waals surface area contributed by atoms with Crippen LogP contribution in [0.15, 0.2) is 30.5 Å². The molecule has 0 spiro atoms. The van der Waals surface area contributed by atoms with E-state index < -0.39 is 6.03 Å². The molecule has 8 nitrogen and oxygen atoms in total. The fourth-order valence-electron chi connectivity index (χ4n) is 2.35. The van der Waals surface area contributed by atoms with Crippen LogP contribution < -0.4 is 21.3 Å². The van der Waals surface area contributed by atoms with E-state index in [4.69, 9.17) is 17.3 Å². The van der Waals surface area contributed by atoms with Crippen molar-refractivity contribution in [3.8, 4) is 0 Å². The van der Waals surface area contributed by atoms with E-state index in [1.54, 1.807) is 24.3 Å². The summed E-state index contributed by atoms with van der Waals surface area (Å²) in [7, 11) is 0. The summed E-state index contributed by atoms with van der Waals surface area (Å²) in [6, 6.07) is 6.49. The van der Waals surface area contributed by atoms with Gasteiger partial charge in [0.15, 0.2) is 0 Å². The molecule has 3 amide bonds. The van der Waals surface area contributed by atoms with E-state index >= 15 is 0 Å². The Kier molecular flexibility index (Phi) is 7.36. The minimum absolute atomic E-state index is 0.00808. The van der Waals surface area contributed by atoms with Crippen molar-refractivity contribution in [1.29, 1.82) is 0 Å². The number of anilines is 3. The van der Waals surface area contributed by atoms with Gasteiger partial charge in [0.1, 0.15) is 11.4 Å². The van der Waals surface area contributed by atoms with Gasteiger partial charge in [-0.1, -0.05) is 24.9 Å². The van der Waals surface area contributed by atoms with E-state index in [0.717, 1.165) is 12.8 Å². The number of aromatic nitrogens is 2. The summed E-state index contributed by atoms with van der Waals surface area (Å²) in [4.78, 5) is 34.2. The van der Waals surface area contributed by atoms with E-state index in [1.165, 1.54) is 11.1 Å². The molecule has 0 saturated heterocycles. The monoisotopic (exact) mass is 390 g/mol. The molecule has 2 aromatic rings. The van der Waals surface area contributed by atoms with Crippen LogP contribution in [-0.4, -0.2) is 35.0 Å². The number of benzene rings is 1. The Labute approximate surface area is 163 Å². The van der Waals surface area contributed by atoms with Crippen LogP contribution in [0.5, 0.6) is 0 Å². The Morgan fingerprint density at radius 2 is 1.93 bits per heavy atom. The topological polar surface area (TPSA) is 113 Å². The lowest BCUT2D eigenvalue weighted by Crippen LogP contribution is -2.32. The number of halogens is 1. The molecule has 1 aromatic heterocycles. The summed E-state index contributed by atoms with van der Waals surface area (Å²) < 4.78 is 0. The minimum atomic E-state index is -0.418. The van der Waals surface area contributed by atoms with E-state index in [1.807, 2.05) is 13.8 Å². The lowest BCUT2D eigenvalue weighted by molar-refractivity contribution is 0.0988. The average molecular weight is 391 g/mol. The molecule has 0 aliphatic carbocycles. The number of carbonyl (C=O) groups excluding carboxylic acids is 2. The number of unbranched alkanes of at least 4 members (excludes halogenated alkanes) is 1. The molecule has 0 aliphatic heterocycles. The second-order valence-corrected chi connectivity index (χ2v) is 6.19. The zero-order valence-corrected chi connectivity index (χ0v) is 16.1. The Hall–Kier alpha value is -2.87. The molecule has 0 unspecified atom stereocenters. The van der Waals surface area contributed by atoms with Crippen LogP contribution in [0, 0.1) is 0 Å². The van der Waals surface area contributed by atoms with Gasteiger partial charge in [-0.05, 0) is 37.6 Å². The SMILES string of the molecule is CCCCNC(=O)Nc1ncc(C(=O)N(CC)c2ccc(Cl)cc2)c(N)n1. The van der Waals surface area contributed by atoms with Crippen molar-refractivity contribution in [2.75, 3.05) is 29.0 Å². The molecule has 0 bridgehead atoms. The molecule has 0 saturated carbocycles. The highest BCUT2D eigenvalue weighted by molar-refractivity contribution is 6.30. The quantitative estimate of drug-likeness (QED) is 0.627. The van der Waals surface area contributed by atoms with Crippen LogP contribution in [0.1, 0.15) is 37.0 Å². The number of rotatable bonds is 7. The standard InChI is InChI=1S/C18H23ClN6O2/c1-3-5-10-21-18(27)24-17-22-11-14(15(20)23-17)16(26)25(4-2)13-8-6-12(19)7-9-13/h6-9,11H,3-5,10H2,1-2H3,(H4,20,21,22,23,24,27). The predicted octanol–water partition coefficient (Wildman–Crippen LogP) is 3.30. The molecule has 0 radical (unpaired) electrons. The third-order valence-corrected chi connectivity index (χ3v) is 4.04. The number of hydrogen-bond donors (Lipinski definition) is 3. The van der Waals surface area contributed by atoms with E-state index in [2.05, 4.69) is 20.6 Å². The number of nitrogens with one attached hydrogen (secondary N) is 2. The fraction of sp³-hybridized carbons (Fsp3) is 0.333. The summed E-state index contributed by atoms with van der Waals surface area (Å²) in [6.07, 6.45) is 3.16. The molecule has 144 valence electrons. The van der Waals surface area contributed by atoms with Gasteiger partial charge in [-0.3, -0.25) is 10.1 Å². The third-order valence-electron chi connectivity index (χ3n) is 3.79. The van der Waals surface area contributed by atoms with Gasteiger partial charge >= 0.3 is 6.03 Å². The largest absolute Gasteiger partial charge is 0.383 e. The summed E-state index contributed by atoms with van der Waals surface area (Å²) >= 11 is 5.90. The Morgan fingerprint density at radius 1 is 1.22 bits per heavy atom. The molecule has 1 heterocycles. The van der Waals surface area contributed by atoms with Crippen LogP contribution in [0.2, 0.25) is 5.02 Å². The van der Waals surface area contributed by atoms with Gasteiger partial charge in [-0.15, -0.1) is 0 Å². The number of nitrogens with zero attached hydrogens (tertiary/aromatic N) is 3. The molecular formula is C18H23ClN6O2. The second kappa shape index (κ2) is 9.72. The van der Waals surface area contributed by atoms with Gasteiger partial charge in [0.05, 0.1) is 0 Å². The first-order valence-electron chi connectivity index (χ1n) is 8.71. The number of nitrogen functional groups attached to an aromatic ring is 1. The number of hydrogen-bond acceptors (Lipinski definition) is 5. The van der Waals surface area contributed by atoms with E-state index in [0.29, 0.717) is 23.8 Å². The van der Waals surface area contributed by atoms with Crippen molar-refractivity contribution in [3.05, 3.63) is 41.0 Å². The summed E-state index contributed by atoms with van der Waals surface area (Å²) in [6.45, 7) is 4.86. The van der Waals surface area contributed by atoms with Crippen molar-refractivity contribution >= 4 is 41.0 Å². The highest BCUT2D eigenvalue weighted by atomic mass is 35.5. The van der Waals surface area contributed by atoms with Crippen molar-refractivity contribution in [3.63, 3.8) is 0 Å². The Bertz CT molecular complexity index is 797. The Morgan fingerprint density at radius 3 is 2.52 bits per heavy atom. The Balaban J connectivity index is 2.12. The van der Waals surface area contributed by atoms with Gasteiger partial charge in [-0.25, -0.2) is 9.78 Å². The van der Waals surface area contributed by atoms with Gasteiger partial charge in [-0.2, -0.15) is 4.98 Å². The van der Waals surface area contributed by atoms with Gasteiger partial charge < -0.3 is 16.0 Å². The van der Waals surface area contributed by atoms with Crippen LogP contribution in [-0.2, 0) is 0 Å². The maximum atomic E-state index is 12.8.